The summed E-state index contributed by atoms with van der Waals surface area (Å²) >= 11 is 1.37. The predicted octanol–water partition coefficient (Wildman–Crippen LogP) is 1.80. The lowest BCUT2D eigenvalue weighted by molar-refractivity contribution is 0.966. The molecule has 3 heterocycles. The van der Waals surface area contributed by atoms with Crippen LogP contribution >= 0.6 is 11.8 Å². The van der Waals surface area contributed by atoms with Crippen molar-refractivity contribution in [3.63, 3.8) is 0 Å². The molecule has 0 fully saturated rings. The van der Waals surface area contributed by atoms with Crippen molar-refractivity contribution in [3.05, 3.63) is 47.1 Å². The third-order valence-corrected chi connectivity index (χ3v) is 3.12. The molecule has 84 valence electrons. The van der Waals surface area contributed by atoms with E-state index in [1.165, 1.54) is 11.8 Å². The summed E-state index contributed by atoms with van der Waals surface area (Å²) in [4.78, 5) is 26.6. The van der Waals surface area contributed by atoms with E-state index >= 15 is 0 Å². The van der Waals surface area contributed by atoms with Crippen LogP contribution in [0.5, 0.6) is 0 Å². The lowest BCUT2D eigenvalue weighted by Crippen LogP contribution is -2.07. The molecule has 3 aromatic heterocycles. The Balaban J connectivity index is 2.04. The van der Waals surface area contributed by atoms with Gasteiger partial charge in [-0.25, -0.2) is 4.98 Å². The Morgan fingerprint density at radius 2 is 2.24 bits per heavy atom. The van der Waals surface area contributed by atoms with Crippen molar-refractivity contribution in [3.8, 4) is 0 Å². The molecule has 0 aromatic carbocycles. The minimum absolute atomic E-state index is 0.136. The number of rotatable bonds is 2. The lowest BCUT2D eigenvalue weighted by atomic mass is 10.4. The third kappa shape index (κ3) is 1.94. The van der Waals surface area contributed by atoms with Crippen molar-refractivity contribution in [1.29, 1.82) is 0 Å². The van der Waals surface area contributed by atoms with Crippen molar-refractivity contribution in [2.24, 2.45) is 0 Å². The van der Waals surface area contributed by atoms with Gasteiger partial charge in [0.15, 0.2) is 5.16 Å². The number of aromatic nitrogens is 4. The Bertz CT molecular complexity index is 704. The standard InChI is InChI=1S/C11H8N4OS/c16-10-8-3-5-13-9(8)14-11(15-10)17-7-2-1-4-12-6-7/h1-6H,(H2,13,14,15,16). The molecule has 0 amide bonds. The third-order valence-electron chi connectivity index (χ3n) is 2.25. The molecular weight excluding hydrogens is 236 g/mol. The molecule has 0 bridgehead atoms. The van der Waals surface area contributed by atoms with Gasteiger partial charge in [0.1, 0.15) is 5.65 Å². The van der Waals surface area contributed by atoms with Crippen LogP contribution in [0.1, 0.15) is 0 Å². The molecule has 17 heavy (non-hydrogen) atoms. The summed E-state index contributed by atoms with van der Waals surface area (Å²) in [5, 5.41) is 1.12. The van der Waals surface area contributed by atoms with Crippen LogP contribution in [0.4, 0.5) is 0 Å². The van der Waals surface area contributed by atoms with Gasteiger partial charge in [-0.1, -0.05) is 11.8 Å². The number of nitrogens with one attached hydrogen (secondary N) is 2. The largest absolute Gasteiger partial charge is 0.346 e. The number of nitrogens with zero attached hydrogens (tertiary/aromatic N) is 2. The predicted molar refractivity (Wildman–Crippen MR) is 65.1 cm³/mol. The van der Waals surface area contributed by atoms with Crippen LogP contribution in [0.2, 0.25) is 0 Å². The van der Waals surface area contributed by atoms with Gasteiger partial charge < -0.3 is 9.97 Å². The van der Waals surface area contributed by atoms with Gasteiger partial charge in [0.05, 0.1) is 5.39 Å². The fraction of sp³-hybridized carbons (Fsp3) is 0. The molecule has 0 aliphatic heterocycles. The summed E-state index contributed by atoms with van der Waals surface area (Å²) in [6.45, 7) is 0. The normalized spacial score (nSPS) is 10.8. The molecule has 0 spiro atoms. The molecule has 0 saturated heterocycles. The highest BCUT2D eigenvalue weighted by Gasteiger charge is 2.05. The number of hydrogen-bond donors (Lipinski definition) is 2. The van der Waals surface area contributed by atoms with Gasteiger partial charge >= 0.3 is 0 Å². The average molecular weight is 244 g/mol. The van der Waals surface area contributed by atoms with Gasteiger partial charge in [0, 0.05) is 23.5 Å². The van der Waals surface area contributed by atoms with E-state index < -0.39 is 0 Å². The Kier molecular flexibility index (Phi) is 2.41. The van der Waals surface area contributed by atoms with Crippen molar-refractivity contribution in [2.45, 2.75) is 10.1 Å². The van der Waals surface area contributed by atoms with E-state index in [-0.39, 0.29) is 5.56 Å². The van der Waals surface area contributed by atoms with Crippen LogP contribution in [0.15, 0.2) is 51.6 Å². The average Bonchev–Trinajstić information content (AvgIpc) is 2.79. The summed E-state index contributed by atoms with van der Waals surface area (Å²) in [6.07, 6.45) is 5.13. The maximum absolute atomic E-state index is 11.7. The van der Waals surface area contributed by atoms with Crippen LogP contribution in [0.3, 0.4) is 0 Å². The molecule has 0 aliphatic carbocycles. The van der Waals surface area contributed by atoms with E-state index in [1.54, 1.807) is 24.7 Å². The monoisotopic (exact) mass is 244 g/mol. The zero-order chi connectivity index (χ0) is 11.7. The second-order valence-corrected chi connectivity index (χ2v) is 4.46. The maximum Gasteiger partial charge on any atom is 0.261 e. The minimum atomic E-state index is -0.136. The Morgan fingerprint density at radius 3 is 3.06 bits per heavy atom. The summed E-state index contributed by atoms with van der Waals surface area (Å²) < 4.78 is 0. The SMILES string of the molecule is O=c1[nH]c(Sc2cccnc2)nc2[nH]ccc12. The molecule has 0 atom stereocenters. The molecule has 2 N–H and O–H groups in total. The van der Waals surface area contributed by atoms with Crippen LogP contribution in [0, 0.1) is 0 Å². The fourth-order valence-electron chi connectivity index (χ4n) is 1.50. The molecule has 5 nitrogen and oxygen atoms in total. The quantitative estimate of drug-likeness (QED) is 0.674. The van der Waals surface area contributed by atoms with Crippen molar-refractivity contribution in [2.75, 3.05) is 0 Å². The first kappa shape index (κ1) is 10.1. The molecule has 0 unspecified atom stereocenters. The number of aromatic amines is 2. The van der Waals surface area contributed by atoms with Gasteiger partial charge in [-0.15, -0.1) is 0 Å². The zero-order valence-electron chi connectivity index (χ0n) is 8.68. The molecule has 3 rings (SSSR count). The van der Waals surface area contributed by atoms with E-state index in [0.717, 1.165) is 4.90 Å². The van der Waals surface area contributed by atoms with Crippen LogP contribution in [-0.2, 0) is 0 Å². The van der Waals surface area contributed by atoms with Gasteiger partial charge in [-0.05, 0) is 18.2 Å². The summed E-state index contributed by atoms with van der Waals surface area (Å²) in [7, 11) is 0. The first-order chi connectivity index (χ1) is 8.33. The Labute approximate surface area is 100 Å². The molecule has 0 aliphatic rings. The Hall–Kier alpha value is -2.08. The molecule has 6 heteroatoms. The van der Waals surface area contributed by atoms with Gasteiger partial charge in [-0.2, -0.15) is 0 Å². The zero-order valence-corrected chi connectivity index (χ0v) is 9.49. The summed E-state index contributed by atoms with van der Waals surface area (Å²) in [5.41, 5.74) is 0.461. The topological polar surface area (TPSA) is 74.4 Å². The number of H-pyrrole nitrogens is 2. The van der Waals surface area contributed by atoms with E-state index in [9.17, 15) is 4.79 Å². The molecule has 0 saturated carbocycles. The van der Waals surface area contributed by atoms with Crippen molar-refractivity contribution >= 4 is 22.8 Å². The van der Waals surface area contributed by atoms with Gasteiger partial charge in [0.25, 0.3) is 5.56 Å². The number of hydrogen-bond acceptors (Lipinski definition) is 4. The fourth-order valence-corrected chi connectivity index (χ4v) is 2.26. The minimum Gasteiger partial charge on any atom is -0.346 e. The summed E-state index contributed by atoms with van der Waals surface area (Å²) in [5.74, 6) is 0. The number of pyridine rings is 1. The molecule has 0 radical (unpaired) electrons. The highest BCUT2D eigenvalue weighted by atomic mass is 32.2. The van der Waals surface area contributed by atoms with Crippen LogP contribution in [-0.4, -0.2) is 19.9 Å². The van der Waals surface area contributed by atoms with Gasteiger partial charge in [-0.3, -0.25) is 9.78 Å². The smallest absolute Gasteiger partial charge is 0.261 e. The lowest BCUT2D eigenvalue weighted by Gasteiger charge is -1.99. The highest BCUT2D eigenvalue weighted by molar-refractivity contribution is 7.99. The van der Waals surface area contributed by atoms with Gasteiger partial charge in [0.2, 0.25) is 0 Å². The van der Waals surface area contributed by atoms with E-state index in [1.807, 2.05) is 12.1 Å². The van der Waals surface area contributed by atoms with Crippen molar-refractivity contribution in [1.82, 2.24) is 19.9 Å². The second kappa shape index (κ2) is 4.06. The maximum atomic E-state index is 11.7. The Morgan fingerprint density at radius 1 is 1.29 bits per heavy atom. The number of fused-ring (bicyclic) bond motifs is 1. The van der Waals surface area contributed by atoms with Crippen LogP contribution in [0.25, 0.3) is 11.0 Å². The van der Waals surface area contributed by atoms with Crippen LogP contribution < -0.4 is 5.56 Å². The van der Waals surface area contributed by atoms with Crippen molar-refractivity contribution < 1.29 is 0 Å². The first-order valence-corrected chi connectivity index (χ1v) is 5.80. The molecule has 3 aromatic rings. The van der Waals surface area contributed by atoms with E-state index in [0.29, 0.717) is 16.2 Å². The second-order valence-electron chi connectivity index (χ2n) is 3.40. The summed E-state index contributed by atoms with van der Waals surface area (Å²) in [6, 6.07) is 5.46. The highest BCUT2D eigenvalue weighted by Crippen LogP contribution is 2.23. The van der Waals surface area contributed by atoms with E-state index in [4.69, 9.17) is 0 Å². The first-order valence-electron chi connectivity index (χ1n) is 4.98. The molecular formula is C11H8N4OS. The van der Waals surface area contributed by atoms with E-state index in [2.05, 4.69) is 19.9 Å².